The first kappa shape index (κ1) is 16.4. The highest BCUT2D eigenvalue weighted by molar-refractivity contribution is 7.13. The fourth-order valence-corrected chi connectivity index (χ4v) is 2.32. The summed E-state index contributed by atoms with van der Waals surface area (Å²) in [4.78, 5) is 26.4. The number of carbonyl (C=O) groups excluding carboxylic acids is 1. The van der Waals surface area contributed by atoms with Gasteiger partial charge in [-0.15, -0.1) is 11.3 Å². The summed E-state index contributed by atoms with van der Waals surface area (Å²) in [6.07, 6.45) is 2.03. The van der Waals surface area contributed by atoms with Gasteiger partial charge in [0.2, 0.25) is 5.91 Å². The SMILES string of the molecule is CC/C(C)=C(/C)CCC(=O)Nc1nc(CC(=O)O)cs1. The number of hydrogen-bond donors (Lipinski definition) is 2. The van der Waals surface area contributed by atoms with Gasteiger partial charge in [-0.25, -0.2) is 4.98 Å². The quantitative estimate of drug-likeness (QED) is 0.757. The summed E-state index contributed by atoms with van der Waals surface area (Å²) in [6.45, 7) is 6.21. The first-order valence-corrected chi connectivity index (χ1v) is 7.41. The van der Waals surface area contributed by atoms with Crippen LogP contribution in [0.15, 0.2) is 16.5 Å². The number of aromatic nitrogens is 1. The molecule has 0 unspecified atom stereocenters. The number of anilines is 1. The average Bonchev–Trinajstić information content (AvgIpc) is 2.81. The zero-order valence-corrected chi connectivity index (χ0v) is 12.8. The summed E-state index contributed by atoms with van der Waals surface area (Å²) < 4.78 is 0. The number of hydrogen-bond acceptors (Lipinski definition) is 4. The summed E-state index contributed by atoms with van der Waals surface area (Å²) in [5.74, 6) is -1.02. The van der Waals surface area contributed by atoms with Crippen molar-refractivity contribution in [1.29, 1.82) is 0 Å². The van der Waals surface area contributed by atoms with Crippen LogP contribution in [-0.2, 0) is 16.0 Å². The van der Waals surface area contributed by atoms with E-state index < -0.39 is 5.97 Å². The Morgan fingerprint density at radius 1 is 1.30 bits per heavy atom. The Balaban J connectivity index is 2.46. The Hall–Kier alpha value is -1.69. The monoisotopic (exact) mass is 296 g/mol. The fraction of sp³-hybridized carbons (Fsp3) is 0.500. The van der Waals surface area contributed by atoms with Crippen molar-refractivity contribution in [3.8, 4) is 0 Å². The molecule has 2 N–H and O–H groups in total. The molecule has 1 aromatic heterocycles. The minimum Gasteiger partial charge on any atom is -0.481 e. The van der Waals surface area contributed by atoms with Crippen LogP contribution in [0.1, 0.15) is 45.7 Å². The predicted octanol–water partition coefficient (Wildman–Crippen LogP) is 3.24. The summed E-state index contributed by atoms with van der Waals surface area (Å²) in [6, 6.07) is 0. The van der Waals surface area contributed by atoms with Crippen molar-refractivity contribution in [3.63, 3.8) is 0 Å². The third kappa shape index (κ3) is 5.52. The molecule has 0 aromatic carbocycles. The van der Waals surface area contributed by atoms with E-state index in [9.17, 15) is 9.59 Å². The third-order valence-electron chi connectivity index (χ3n) is 3.12. The van der Waals surface area contributed by atoms with Crippen LogP contribution in [0, 0.1) is 0 Å². The van der Waals surface area contributed by atoms with E-state index in [1.807, 2.05) is 6.92 Å². The van der Waals surface area contributed by atoms with Crippen LogP contribution in [-0.4, -0.2) is 22.0 Å². The number of aliphatic carboxylic acids is 1. The molecular weight excluding hydrogens is 276 g/mol. The molecule has 1 aromatic rings. The third-order valence-corrected chi connectivity index (χ3v) is 3.92. The van der Waals surface area contributed by atoms with Gasteiger partial charge < -0.3 is 10.4 Å². The highest BCUT2D eigenvalue weighted by Crippen LogP contribution is 2.17. The lowest BCUT2D eigenvalue weighted by atomic mass is 10.0. The molecule has 6 heteroatoms. The molecule has 110 valence electrons. The second kappa shape index (κ2) is 7.79. The first-order chi connectivity index (χ1) is 9.42. The molecule has 0 bridgehead atoms. The molecule has 0 spiro atoms. The van der Waals surface area contributed by atoms with E-state index in [4.69, 9.17) is 5.11 Å². The summed E-state index contributed by atoms with van der Waals surface area (Å²) in [5.41, 5.74) is 3.03. The molecular formula is C14H20N2O3S. The van der Waals surface area contributed by atoms with Crippen LogP contribution < -0.4 is 5.32 Å². The minimum absolute atomic E-state index is 0.0931. The van der Waals surface area contributed by atoms with Crippen LogP contribution in [0.25, 0.3) is 0 Å². The summed E-state index contributed by atoms with van der Waals surface area (Å²) >= 11 is 1.25. The van der Waals surface area contributed by atoms with E-state index in [1.54, 1.807) is 5.38 Å². The zero-order chi connectivity index (χ0) is 15.1. The number of amides is 1. The maximum atomic E-state index is 11.8. The van der Waals surface area contributed by atoms with Gasteiger partial charge in [-0.2, -0.15) is 0 Å². The van der Waals surface area contributed by atoms with Gasteiger partial charge in [0.15, 0.2) is 5.13 Å². The fourth-order valence-electron chi connectivity index (χ4n) is 1.60. The maximum absolute atomic E-state index is 11.8. The van der Waals surface area contributed by atoms with Crippen molar-refractivity contribution in [2.75, 3.05) is 5.32 Å². The number of carboxylic acids is 1. The topological polar surface area (TPSA) is 79.3 Å². The zero-order valence-electron chi connectivity index (χ0n) is 12.0. The van der Waals surface area contributed by atoms with Crippen LogP contribution in [0.5, 0.6) is 0 Å². The van der Waals surface area contributed by atoms with Crippen molar-refractivity contribution >= 4 is 28.3 Å². The Bertz CT molecular complexity index is 520. The average molecular weight is 296 g/mol. The van der Waals surface area contributed by atoms with Crippen LogP contribution in [0.4, 0.5) is 5.13 Å². The van der Waals surface area contributed by atoms with E-state index in [1.165, 1.54) is 22.5 Å². The molecule has 1 amide bonds. The van der Waals surface area contributed by atoms with Gasteiger partial charge in [0.1, 0.15) is 0 Å². The summed E-state index contributed by atoms with van der Waals surface area (Å²) in [5, 5.41) is 13.5. The highest BCUT2D eigenvalue weighted by Gasteiger charge is 2.09. The predicted molar refractivity (Wildman–Crippen MR) is 80.0 cm³/mol. The highest BCUT2D eigenvalue weighted by atomic mass is 32.1. The molecule has 0 atom stereocenters. The molecule has 0 aliphatic rings. The molecule has 5 nitrogen and oxygen atoms in total. The number of thiazole rings is 1. The largest absolute Gasteiger partial charge is 0.481 e. The van der Waals surface area contributed by atoms with E-state index in [0.717, 1.165) is 12.8 Å². The number of nitrogens with one attached hydrogen (secondary N) is 1. The number of carbonyl (C=O) groups is 2. The molecule has 0 radical (unpaired) electrons. The van der Waals surface area contributed by atoms with Gasteiger partial charge in [-0.05, 0) is 26.7 Å². The van der Waals surface area contributed by atoms with E-state index >= 15 is 0 Å². The van der Waals surface area contributed by atoms with Gasteiger partial charge >= 0.3 is 5.97 Å². The second-order valence-electron chi connectivity index (χ2n) is 4.68. The molecule has 20 heavy (non-hydrogen) atoms. The molecule has 1 rings (SSSR count). The van der Waals surface area contributed by atoms with Crippen molar-refractivity contribution < 1.29 is 14.7 Å². The Kier molecular flexibility index (Phi) is 6.38. The first-order valence-electron chi connectivity index (χ1n) is 6.53. The van der Waals surface area contributed by atoms with Gasteiger partial charge in [-0.3, -0.25) is 9.59 Å². The Morgan fingerprint density at radius 3 is 2.60 bits per heavy atom. The van der Waals surface area contributed by atoms with E-state index in [-0.39, 0.29) is 12.3 Å². The van der Waals surface area contributed by atoms with Crippen LogP contribution in [0.3, 0.4) is 0 Å². The lowest BCUT2D eigenvalue weighted by Crippen LogP contribution is -2.11. The summed E-state index contributed by atoms with van der Waals surface area (Å²) in [7, 11) is 0. The van der Waals surface area contributed by atoms with E-state index in [0.29, 0.717) is 17.2 Å². The lowest BCUT2D eigenvalue weighted by Gasteiger charge is -2.05. The van der Waals surface area contributed by atoms with Crippen LogP contribution in [0.2, 0.25) is 0 Å². The Labute approximate surface area is 122 Å². The Morgan fingerprint density at radius 2 is 2.00 bits per heavy atom. The number of nitrogens with zero attached hydrogens (tertiary/aromatic N) is 1. The molecule has 1 heterocycles. The van der Waals surface area contributed by atoms with Gasteiger partial charge in [0, 0.05) is 11.8 Å². The minimum atomic E-state index is -0.927. The number of rotatable bonds is 7. The standard InChI is InChI=1S/C14H20N2O3S/c1-4-9(2)10(3)5-6-12(17)16-14-15-11(8-20-14)7-13(18)19/h8H,4-7H2,1-3H3,(H,18,19)(H,15,16,17)/b10-9-. The molecule has 0 saturated carbocycles. The molecule has 0 aliphatic heterocycles. The van der Waals surface area contributed by atoms with Gasteiger partial charge in [0.05, 0.1) is 12.1 Å². The van der Waals surface area contributed by atoms with Crippen molar-refractivity contribution in [2.24, 2.45) is 0 Å². The van der Waals surface area contributed by atoms with Crippen LogP contribution >= 0.6 is 11.3 Å². The van der Waals surface area contributed by atoms with Crippen molar-refractivity contribution in [1.82, 2.24) is 4.98 Å². The number of carboxylic acid groups (broad SMARTS) is 1. The second-order valence-corrected chi connectivity index (χ2v) is 5.54. The lowest BCUT2D eigenvalue weighted by molar-refractivity contribution is -0.136. The smallest absolute Gasteiger partial charge is 0.309 e. The van der Waals surface area contributed by atoms with E-state index in [2.05, 4.69) is 24.1 Å². The molecule has 0 aliphatic carbocycles. The van der Waals surface area contributed by atoms with Crippen molar-refractivity contribution in [2.45, 2.75) is 46.5 Å². The van der Waals surface area contributed by atoms with Gasteiger partial charge in [0.25, 0.3) is 0 Å². The normalized spacial score (nSPS) is 11.9. The number of allylic oxidation sites excluding steroid dienone is 2. The molecule has 0 fully saturated rings. The van der Waals surface area contributed by atoms with Gasteiger partial charge in [-0.1, -0.05) is 18.1 Å². The van der Waals surface area contributed by atoms with Crippen molar-refractivity contribution in [3.05, 3.63) is 22.2 Å². The molecule has 0 saturated heterocycles. The maximum Gasteiger partial charge on any atom is 0.309 e.